The van der Waals surface area contributed by atoms with Gasteiger partial charge in [-0.05, 0) is 18.9 Å². The minimum absolute atomic E-state index is 0.105. The number of aromatic nitrogens is 1. The van der Waals surface area contributed by atoms with E-state index < -0.39 is 0 Å². The smallest absolute Gasteiger partial charge is 0.227 e. The average molecular weight is 206 g/mol. The molecule has 4 heteroatoms. The van der Waals surface area contributed by atoms with Gasteiger partial charge in [0.05, 0.1) is 19.0 Å². The van der Waals surface area contributed by atoms with E-state index in [1.165, 1.54) is 6.42 Å². The van der Waals surface area contributed by atoms with Gasteiger partial charge in [0, 0.05) is 12.0 Å². The van der Waals surface area contributed by atoms with Crippen molar-refractivity contribution in [3.05, 3.63) is 18.3 Å². The molecule has 1 N–H and O–H groups in total. The van der Waals surface area contributed by atoms with Crippen LogP contribution in [-0.4, -0.2) is 18.0 Å². The minimum Gasteiger partial charge on any atom is -0.481 e. The highest BCUT2D eigenvalue weighted by Crippen LogP contribution is 2.27. The van der Waals surface area contributed by atoms with Crippen molar-refractivity contribution in [2.45, 2.75) is 19.3 Å². The summed E-state index contributed by atoms with van der Waals surface area (Å²) in [5.74, 6) is 0.858. The van der Waals surface area contributed by atoms with Crippen molar-refractivity contribution in [3.63, 3.8) is 0 Å². The zero-order valence-electron chi connectivity index (χ0n) is 8.69. The van der Waals surface area contributed by atoms with Gasteiger partial charge in [0.25, 0.3) is 0 Å². The SMILES string of the molecule is COc1ccc(NC(=O)C2CCC2)cn1. The first-order valence-corrected chi connectivity index (χ1v) is 5.10. The molecule has 0 aromatic carbocycles. The molecule has 0 saturated heterocycles. The van der Waals surface area contributed by atoms with Gasteiger partial charge in [-0.3, -0.25) is 4.79 Å². The van der Waals surface area contributed by atoms with Gasteiger partial charge in [-0.15, -0.1) is 0 Å². The molecule has 1 aliphatic carbocycles. The Bertz CT molecular complexity index is 344. The lowest BCUT2D eigenvalue weighted by molar-refractivity contribution is -0.122. The summed E-state index contributed by atoms with van der Waals surface area (Å²) in [7, 11) is 1.56. The summed E-state index contributed by atoms with van der Waals surface area (Å²) in [6, 6.07) is 3.53. The van der Waals surface area contributed by atoms with Gasteiger partial charge in [-0.2, -0.15) is 0 Å². The van der Waals surface area contributed by atoms with Crippen LogP contribution in [0.5, 0.6) is 5.88 Å². The molecular weight excluding hydrogens is 192 g/mol. The Hall–Kier alpha value is -1.58. The highest BCUT2D eigenvalue weighted by molar-refractivity contribution is 5.92. The average Bonchev–Trinajstić information content (AvgIpc) is 2.16. The molecule has 0 unspecified atom stereocenters. The number of nitrogens with zero attached hydrogens (tertiary/aromatic N) is 1. The second kappa shape index (κ2) is 4.29. The number of carbonyl (C=O) groups is 1. The van der Waals surface area contributed by atoms with Crippen LogP contribution in [0.4, 0.5) is 5.69 Å². The number of amides is 1. The van der Waals surface area contributed by atoms with E-state index in [0.29, 0.717) is 5.88 Å². The van der Waals surface area contributed by atoms with Crippen LogP contribution in [0.25, 0.3) is 0 Å². The lowest BCUT2D eigenvalue weighted by Crippen LogP contribution is -2.28. The summed E-state index contributed by atoms with van der Waals surface area (Å²) in [6.07, 6.45) is 4.79. The third-order valence-corrected chi connectivity index (χ3v) is 2.69. The molecule has 0 radical (unpaired) electrons. The molecule has 1 amide bonds. The first-order valence-electron chi connectivity index (χ1n) is 5.10. The van der Waals surface area contributed by atoms with E-state index in [4.69, 9.17) is 4.74 Å². The van der Waals surface area contributed by atoms with Gasteiger partial charge in [-0.25, -0.2) is 4.98 Å². The number of ether oxygens (including phenoxy) is 1. The first kappa shape index (κ1) is 9.96. The quantitative estimate of drug-likeness (QED) is 0.820. The molecule has 1 fully saturated rings. The molecule has 1 aromatic heterocycles. The zero-order chi connectivity index (χ0) is 10.7. The van der Waals surface area contributed by atoms with Crippen LogP contribution in [-0.2, 0) is 4.79 Å². The van der Waals surface area contributed by atoms with E-state index >= 15 is 0 Å². The molecule has 0 bridgehead atoms. The molecule has 4 nitrogen and oxygen atoms in total. The Morgan fingerprint density at radius 2 is 2.33 bits per heavy atom. The molecule has 1 aliphatic rings. The van der Waals surface area contributed by atoms with Crippen molar-refractivity contribution in [2.24, 2.45) is 5.92 Å². The van der Waals surface area contributed by atoms with Gasteiger partial charge in [-0.1, -0.05) is 6.42 Å². The van der Waals surface area contributed by atoms with Crippen molar-refractivity contribution in [3.8, 4) is 5.88 Å². The Labute approximate surface area is 88.7 Å². The Morgan fingerprint density at radius 1 is 1.53 bits per heavy atom. The summed E-state index contributed by atoms with van der Waals surface area (Å²) < 4.78 is 4.93. The largest absolute Gasteiger partial charge is 0.481 e. The van der Waals surface area contributed by atoms with Crippen LogP contribution in [0.1, 0.15) is 19.3 Å². The predicted molar refractivity (Wildman–Crippen MR) is 56.8 cm³/mol. The lowest BCUT2D eigenvalue weighted by Gasteiger charge is -2.23. The van der Waals surface area contributed by atoms with Gasteiger partial charge in [0.2, 0.25) is 11.8 Å². The van der Waals surface area contributed by atoms with Crippen LogP contribution in [0.3, 0.4) is 0 Å². The Kier molecular flexibility index (Phi) is 2.85. The van der Waals surface area contributed by atoms with Crippen LogP contribution in [0.2, 0.25) is 0 Å². The lowest BCUT2D eigenvalue weighted by atomic mass is 9.85. The van der Waals surface area contributed by atoms with E-state index in [1.807, 2.05) is 0 Å². The fourth-order valence-corrected chi connectivity index (χ4v) is 1.49. The number of methoxy groups -OCH3 is 1. The fourth-order valence-electron chi connectivity index (χ4n) is 1.49. The van der Waals surface area contributed by atoms with Crippen molar-refractivity contribution >= 4 is 11.6 Å². The second-order valence-corrected chi connectivity index (χ2v) is 3.71. The number of hydrogen-bond acceptors (Lipinski definition) is 3. The van der Waals surface area contributed by atoms with Gasteiger partial charge in [0.1, 0.15) is 0 Å². The van der Waals surface area contributed by atoms with Crippen LogP contribution >= 0.6 is 0 Å². The summed E-state index contributed by atoms with van der Waals surface area (Å²) in [5, 5.41) is 2.84. The van der Waals surface area contributed by atoms with E-state index in [1.54, 1.807) is 25.4 Å². The third kappa shape index (κ3) is 2.26. The molecule has 1 saturated carbocycles. The fraction of sp³-hybridized carbons (Fsp3) is 0.455. The van der Waals surface area contributed by atoms with E-state index in [9.17, 15) is 4.79 Å². The molecule has 0 aliphatic heterocycles. The maximum atomic E-state index is 11.6. The first-order chi connectivity index (χ1) is 7.29. The number of anilines is 1. The van der Waals surface area contributed by atoms with Gasteiger partial charge < -0.3 is 10.1 Å². The zero-order valence-corrected chi connectivity index (χ0v) is 8.69. The van der Waals surface area contributed by atoms with Crippen molar-refractivity contribution < 1.29 is 9.53 Å². The van der Waals surface area contributed by atoms with Crippen molar-refractivity contribution in [1.82, 2.24) is 4.98 Å². The predicted octanol–water partition coefficient (Wildman–Crippen LogP) is 1.83. The molecular formula is C11H14N2O2. The number of carbonyl (C=O) groups excluding carboxylic acids is 1. The van der Waals surface area contributed by atoms with Crippen LogP contribution in [0.15, 0.2) is 18.3 Å². The number of pyridine rings is 1. The maximum absolute atomic E-state index is 11.6. The normalized spacial score (nSPS) is 15.5. The molecule has 80 valence electrons. The number of nitrogens with one attached hydrogen (secondary N) is 1. The summed E-state index contributed by atoms with van der Waals surface area (Å²) in [4.78, 5) is 15.6. The summed E-state index contributed by atoms with van der Waals surface area (Å²) in [5.41, 5.74) is 0.729. The third-order valence-electron chi connectivity index (χ3n) is 2.69. The monoisotopic (exact) mass is 206 g/mol. The summed E-state index contributed by atoms with van der Waals surface area (Å²) in [6.45, 7) is 0. The van der Waals surface area contributed by atoms with E-state index in [0.717, 1.165) is 18.5 Å². The standard InChI is InChI=1S/C11H14N2O2/c1-15-10-6-5-9(7-12-10)13-11(14)8-3-2-4-8/h5-8H,2-4H2,1H3,(H,13,14). The maximum Gasteiger partial charge on any atom is 0.227 e. The second-order valence-electron chi connectivity index (χ2n) is 3.71. The van der Waals surface area contributed by atoms with Crippen molar-refractivity contribution in [1.29, 1.82) is 0 Å². The van der Waals surface area contributed by atoms with Gasteiger partial charge >= 0.3 is 0 Å². The molecule has 2 rings (SSSR count). The summed E-state index contributed by atoms with van der Waals surface area (Å²) >= 11 is 0. The molecule has 15 heavy (non-hydrogen) atoms. The molecule has 1 aromatic rings. The van der Waals surface area contributed by atoms with Crippen LogP contribution in [0, 0.1) is 5.92 Å². The Balaban J connectivity index is 1.94. The number of rotatable bonds is 3. The van der Waals surface area contributed by atoms with Crippen LogP contribution < -0.4 is 10.1 Å². The van der Waals surface area contributed by atoms with Crippen molar-refractivity contribution in [2.75, 3.05) is 12.4 Å². The van der Waals surface area contributed by atoms with E-state index in [-0.39, 0.29) is 11.8 Å². The van der Waals surface area contributed by atoms with Gasteiger partial charge in [0.15, 0.2) is 0 Å². The van der Waals surface area contributed by atoms with E-state index in [2.05, 4.69) is 10.3 Å². The minimum atomic E-state index is 0.105. The molecule has 0 spiro atoms. The molecule has 1 heterocycles. The molecule has 0 atom stereocenters. The highest BCUT2D eigenvalue weighted by Gasteiger charge is 2.25. The topological polar surface area (TPSA) is 51.2 Å². The Morgan fingerprint density at radius 3 is 2.80 bits per heavy atom. The number of hydrogen-bond donors (Lipinski definition) is 1. The highest BCUT2D eigenvalue weighted by atomic mass is 16.5.